The van der Waals surface area contributed by atoms with Gasteiger partial charge in [-0.1, -0.05) is 35.4 Å². The molecule has 9 heteroatoms. The van der Waals surface area contributed by atoms with Crippen LogP contribution in [0.5, 0.6) is 5.75 Å². The van der Waals surface area contributed by atoms with Crippen LogP contribution in [-0.2, 0) is 27.5 Å². The van der Waals surface area contributed by atoms with E-state index in [1.54, 1.807) is 37.4 Å². The molecule has 0 aliphatic carbocycles. The average molecular weight is 415 g/mol. The number of hydrogen-bond donors (Lipinski definition) is 1. The molecule has 0 aliphatic heterocycles. The van der Waals surface area contributed by atoms with Crippen molar-refractivity contribution < 1.29 is 22.4 Å². The number of hydrogen-bond acceptors (Lipinski definition) is 7. The molecule has 0 fully saturated rings. The normalized spacial score (nSPS) is 11.2. The minimum Gasteiger partial charge on any atom is -0.496 e. The largest absolute Gasteiger partial charge is 0.496 e. The van der Waals surface area contributed by atoms with Crippen molar-refractivity contribution in [3.63, 3.8) is 0 Å². The van der Waals surface area contributed by atoms with Crippen molar-refractivity contribution in [1.29, 1.82) is 0 Å². The standard InChI is InChI=1S/C20H21N3O5S/c1-14-12-15(8-9-17(14)27-2)13-18(24)21-20-23-22-19(28-20)10-11-29(25,26)16-6-4-3-5-7-16/h3-9,12H,10-11,13H2,1-2H3,(H,21,23,24). The minimum absolute atomic E-state index is 0.0533. The number of nitrogens with zero attached hydrogens (tertiary/aromatic N) is 2. The van der Waals surface area contributed by atoms with Gasteiger partial charge < -0.3 is 9.15 Å². The number of carbonyl (C=O) groups excluding carboxylic acids is 1. The fourth-order valence-electron chi connectivity index (χ4n) is 2.77. The first-order valence-electron chi connectivity index (χ1n) is 8.91. The third kappa shape index (κ3) is 5.41. The topological polar surface area (TPSA) is 111 Å². The SMILES string of the molecule is COc1ccc(CC(=O)Nc2nnc(CCS(=O)(=O)c3ccccc3)o2)cc1C. The van der Waals surface area contributed by atoms with Crippen LogP contribution < -0.4 is 10.1 Å². The molecule has 1 aromatic heterocycles. The van der Waals surface area contributed by atoms with Crippen molar-refractivity contribution in [1.82, 2.24) is 10.2 Å². The molecule has 0 bridgehead atoms. The van der Waals surface area contributed by atoms with E-state index in [-0.39, 0.29) is 41.3 Å². The first kappa shape index (κ1) is 20.5. The van der Waals surface area contributed by atoms with Crippen LogP contribution in [0.2, 0.25) is 0 Å². The van der Waals surface area contributed by atoms with Crippen LogP contribution in [0, 0.1) is 6.92 Å². The Kier molecular flexibility index (Phi) is 6.28. The zero-order valence-electron chi connectivity index (χ0n) is 16.1. The highest BCUT2D eigenvalue weighted by Crippen LogP contribution is 2.19. The molecule has 0 saturated carbocycles. The third-order valence-corrected chi connectivity index (χ3v) is 5.96. The number of anilines is 1. The predicted octanol–water partition coefficient (Wildman–Crippen LogP) is 2.58. The Morgan fingerprint density at radius 3 is 2.59 bits per heavy atom. The number of aryl methyl sites for hydroxylation is 2. The van der Waals surface area contributed by atoms with Crippen molar-refractivity contribution in [2.45, 2.75) is 24.7 Å². The highest BCUT2D eigenvalue weighted by Gasteiger charge is 2.17. The molecule has 0 radical (unpaired) electrons. The lowest BCUT2D eigenvalue weighted by Gasteiger charge is -2.07. The van der Waals surface area contributed by atoms with E-state index in [4.69, 9.17) is 9.15 Å². The number of amides is 1. The molecule has 29 heavy (non-hydrogen) atoms. The summed E-state index contributed by atoms with van der Waals surface area (Å²) >= 11 is 0. The Labute approximate surface area is 168 Å². The van der Waals surface area contributed by atoms with Crippen molar-refractivity contribution >= 4 is 21.8 Å². The zero-order chi connectivity index (χ0) is 20.9. The lowest BCUT2D eigenvalue weighted by molar-refractivity contribution is -0.115. The summed E-state index contributed by atoms with van der Waals surface area (Å²) in [5, 5.41) is 10.1. The smallest absolute Gasteiger partial charge is 0.322 e. The molecule has 0 unspecified atom stereocenters. The van der Waals surface area contributed by atoms with Crippen molar-refractivity contribution in [2.75, 3.05) is 18.2 Å². The van der Waals surface area contributed by atoms with Gasteiger partial charge in [0.1, 0.15) is 5.75 Å². The summed E-state index contributed by atoms with van der Waals surface area (Å²) < 4.78 is 35.1. The number of carbonyl (C=O) groups is 1. The van der Waals surface area contributed by atoms with E-state index in [9.17, 15) is 13.2 Å². The molecule has 152 valence electrons. The summed E-state index contributed by atoms with van der Waals surface area (Å²) in [5.74, 6) is 0.403. The van der Waals surface area contributed by atoms with E-state index in [1.165, 1.54) is 12.1 Å². The number of benzene rings is 2. The van der Waals surface area contributed by atoms with E-state index < -0.39 is 9.84 Å². The second-order valence-electron chi connectivity index (χ2n) is 6.41. The molecule has 0 aliphatic rings. The van der Waals surface area contributed by atoms with Gasteiger partial charge in [-0.05, 0) is 36.2 Å². The number of methoxy groups -OCH3 is 1. The van der Waals surface area contributed by atoms with Crippen LogP contribution in [0.4, 0.5) is 6.01 Å². The molecule has 1 heterocycles. The first-order valence-corrected chi connectivity index (χ1v) is 10.6. The maximum absolute atomic E-state index is 12.3. The van der Waals surface area contributed by atoms with Crippen LogP contribution in [-0.4, -0.2) is 37.4 Å². The molecule has 8 nitrogen and oxygen atoms in total. The molecule has 1 amide bonds. The van der Waals surface area contributed by atoms with Gasteiger partial charge in [0.2, 0.25) is 11.8 Å². The van der Waals surface area contributed by atoms with Crippen LogP contribution in [0.3, 0.4) is 0 Å². The van der Waals surface area contributed by atoms with Gasteiger partial charge in [-0.3, -0.25) is 10.1 Å². The summed E-state index contributed by atoms with van der Waals surface area (Å²) in [6.07, 6.45) is 0.183. The van der Waals surface area contributed by atoms with Gasteiger partial charge >= 0.3 is 6.01 Å². The second-order valence-corrected chi connectivity index (χ2v) is 8.52. The van der Waals surface area contributed by atoms with Crippen LogP contribution >= 0.6 is 0 Å². The number of sulfone groups is 1. The van der Waals surface area contributed by atoms with Gasteiger partial charge in [-0.2, -0.15) is 0 Å². The van der Waals surface area contributed by atoms with Crippen molar-refractivity contribution in [3.8, 4) is 5.75 Å². The summed E-state index contributed by atoms with van der Waals surface area (Å²) in [7, 11) is -1.86. The first-order chi connectivity index (χ1) is 13.9. The van der Waals surface area contributed by atoms with Gasteiger partial charge in [0.25, 0.3) is 0 Å². The quantitative estimate of drug-likeness (QED) is 0.602. The van der Waals surface area contributed by atoms with Crippen molar-refractivity contribution in [3.05, 3.63) is 65.5 Å². The monoisotopic (exact) mass is 415 g/mol. The number of nitrogens with one attached hydrogen (secondary N) is 1. The molecule has 0 spiro atoms. The lowest BCUT2D eigenvalue weighted by atomic mass is 10.1. The van der Waals surface area contributed by atoms with Crippen molar-refractivity contribution in [2.24, 2.45) is 0 Å². The average Bonchev–Trinajstić information content (AvgIpc) is 3.14. The lowest BCUT2D eigenvalue weighted by Crippen LogP contribution is -2.14. The number of rotatable bonds is 8. The fraction of sp³-hybridized carbons (Fsp3) is 0.250. The number of ether oxygens (including phenoxy) is 1. The van der Waals surface area contributed by atoms with Crippen LogP contribution in [0.25, 0.3) is 0 Å². The Hall–Kier alpha value is -3.20. The van der Waals surface area contributed by atoms with Gasteiger partial charge in [0.05, 0.1) is 24.2 Å². The van der Waals surface area contributed by atoms with E-state index in [0.29, 0.717) is 0 Å². The second kappa shape index (κ2) is 8.87. The number of aromatic nitrogens is 2. The summed E-state index contributed by atoms with van der Waals surface area (Å²) in [6, 6.07) is 13.6. The van der Waals surface area contributed by atoms with Gasteiger partial charge in [-0.25, -0.2) is 8.42 Å². The molecule has 1 N–H and O–H groups in total. The summed E-state index contributed by atoms with van der Waals surface area (Å²) in [5.41, 5.74) is 1.74. The molecule has 0 atom stereocenters. The molecule has 2 aromatic carbocycles. The maximum Gasteiger partial charge on any atom is 0.322 e. The maximum atomic E-state index is 12.3. The van der Waals surface area contributed by atoms with Gasteiger partial charge in [-0.15, -0.1) is 5.10 Å². The Bertz CT molecular complexity index is 1090. The van der Waals surface area contributed by atoms with E-state index >= 15 is 0 Å². The third-order valence-electron chi connectivity index (χ3n) is 4.22. The highest BCUT2D eigenvalue weighted by molar-refractivity contribution is 7.91. The van der Waals surface area contributed by atoms with E-state index in [2.05, 4.69) is 15.5 Å². The molecular weight excluding hydrogens is 394 g/mol. The van der Waals surface area contributed by atoms with Gasteiger partial charge in [0.15, 0.2) is 9.84 Å². The summed E-state index contributed by atoms with van der Waals surface area (Å²) in [4.78, 5) is 12.4. The van der Waals surface area contributed by atoms with Crippen LogP contribution in [0.1, 0.15) is 17.0 Å². The van der Waals surface area contributed by atoms with Crippen LogP contribution in [0.15, 0.2) is 57.8 Å². The molecular formula is C20H21N3O5S. The predicted molar refractivity (Wildman–Crippen MR) is 107 cm³/mol. The minimum atomic E-state index is -3.45. The fourth-order valence-corrected chi connectivity index (χ4v) is 4.02. The van der Waals surface area contributed by atoms with Gasteiger partial charge in [0, 0.05) is 6.42 Å². The van der Waals surface area contributed by atoms with E-state index in [1.807, 2.05) is 13.0 Å². The molecule has 0 saturated heterocycles. The summed E-state index contributed by atoms with van der Waals surface area (Å²) in [6.45, 7) is 1.90. The molecule has 3 aromatic rings. The Morgan fingerprint density at radius 2 is 1.90 bits per heavy atom. The Balaban J connectivity index is 1.56. The highest BCUT2D eigenvalue weighted by atomic mass is 32.2. The van der Waals surface area contributed by atoms with E-state index in [0.717, 1.165) is 16.9 Å². The molecule has 3 rings (SSSR count). The zero-order valence-corrected chi connectivity index (χ0v) is 16.9. The Morgan fingerprint density at radius 1 is 1.14 bits per heavy atom.